The predicted octanol–water partition coefficient (Wildman–Crippen LogP) is 0.924. The molecule has 0 bridgehead atoms. The van der Waals surface area contributed by atoms with Crippen LogP contribution in [-0.4, -0.2) is 59.3 Å². The molecule has 0 unspecified atom stereocenters. The van der Waals surface area contributed by atoms with E-state index in [0.29, 0.717) is 12.4 Å². The Balaban J connectivity index is 1.59. The van der Waals surface area contributed by atoms with Crippen LogP contribution in [0.15, 0.2) is 30.3 Å². The summed E-state index contributed by atoms with van der Waals surface area (Å²) in [4.78, 5) is 12.9. The highest BCUT2D eigenvalue weighted by Crippen LogP contribution is 2.19. The Hall–Kier alpha value is -2.45. The number of halogens is 1. The van der Waals surface area contributed by atoms with Crippen LogP contribution in [0.4, 0.5) is 22.0 Å². The smallest absolute Gasteiger partial charge is 0.223 e. The van der Waals surface area contributed by atoms with E-state index in [0.717, 1.165) is 44.1 Å². The van der Waals surface area contributed by atoms with Crippen molar-refractivity contribution < 1.29 is 9.50 Å². The van der Waals surface area contributed by atoms with E-state index in [9.17, 15) is 4.39 Å². The fourth-order valence-corrected chi connectivity index (χ4v) is 2.92. The van der Waals surface area contributed by atoms with Gasteiger partial charge >= 0.3 is 0 Å². The lowest BCUT2D eigenvalue weighted by atomic mass is 10.2. The molecule has 1 fully saturated rings. The molecule has 25 heavy (non-hydrogen) atoms. The lowest BCUT2D eigenvalue weighted by molar-refractivity contribution is 0.249. The highest BCUT2D eigenvalue weighted by atomic mass is 19.1. The van der Waals surface area contributed by atoms with Crippen LogP contribution in [0.2, 0.25) is 0 Å². The number of hydrogen-bond donors (Lipinski definition) is 3. The van der Waals surface area contributed by atoms with Crippen molar-refractivity contribution in [2.45, 2.75) is 6.54 Å². The van der Waals surface area contributed by atoms with Gasteiger partial charge in [-0.15, -0.1) is 0 Å². The van der Waals surface area contributed by atoms with E-state index >= 15 is 0 Å². The number of aliphatic hydroxyl groups is 1. The van der Waals surface area contributed by atoms with Crippen molar-refractivity contribution in [2.24, 2.45) is 0 Å². The van der Waals surface area contributed by atoms with Crippen LogP contribution >= 0.6 is 0 Å². The Morgan fingerprint density at radius 2 is 1.96 bits per heavy atom. The third kappa shape index (κ3) is 4.77. The quantitative estimate of drug-likeness (QED) is 0.717. The fourth-order valence-electron chi connectivity index (χ4n) is 2.92. The molecule has 8 heteroatoms. The zero-order chi connectivity index (χ0) is 17.6. The van der Waals surface area contributed by atoms with E-state index in [1.165, 1.54) is 6.07 Å². The number of aliphatic hydroxyl groups excluding tert-OH is 1. The van der Waals surface area contributed by atoms with Crippen molar-refractivity contribution in [2.75, 3.05) is 55.3 Å². The summed E-state index contributed by atoms with van der Waals surface area (Å²) >= 11 is 0. The van der Waals surface area contributed by atoms with Gasteiger partial charge in [-0.3, -0.25) is 4.90 Å². The van der Waals surface area contributed by atoms with Gasteiger partial charge < -0.3 is 21.1 Å². The fraction of sp³-hybridized carbons (Fsp3) is 0.412. The standard InChI is InChI=1S/C17H23FN6O/c18-14-3-1-2-13(10-14)12-23-5-7-24(8-6-23)16-11-15(20-4-9-25)21-17(19)22-16/h1-3,10-11,25H,4-9,12H2,(H3,19,20,21,22). The third-order valence-electron chi connectivity index (χ3n) is 4.14. The largest absolute Gasteiger partial charge is 0.395 e. The zero-order valence-electron chi connectivity index (χ0n) is 14.0. The molecule has 7 nitrogen and oxygen atoms in total. The first-order valence-corrected chi connectivity index (χ1v) is 8.35. The van der Waals surface area contributed by atoms with E-state index in [1.54, 1.807) is 12.1 Å². The van der Waals surface area contributed by atoms with Gasteiger partial charge in [-0.25, -0.2) is 4.39 Å². The summed E-state index contributed by atoms with van der Waals surface area (Å²) in [6.07, 6.45) is 0. The van der Waals surface area contributed by atoms with Crippen molar-refractivity contribution in [1.82, 2.24) is 14.9 Å². The highest BCUT2D eigenvalue weighted by Gasteiger charge is 2.19. The topological polar surface area (TPSA) is 90.5 Å². The molecule has 1 aliphatic heterocycles. The third-order valence-corrected chi connectivity index (χ3v) is 4.14. The van der Waals surface area contributed by atoms with Gasteiger partial charge in [-0.2, -0.15) is 9.97 Å². The molecule has 134 valence electrons. The number of anilines is 3. The summed E-state index contributed by atoms with van der Waals surface area (Å²) in [5.41, 5.74) is 6.77. The molecular weight excluding hydrogens is 323 g/mol. The van der Waals surface area contributed by atoms with E-state index < -0.39 is 0 Å². The SMILES string of the molecule is Nc1nc(NCCO)cc(N2CCN(Cc3cccc(F)c3)CC2)n1. The number of benzene rings is 1. The molecule has 0 spiro atoms. The van der Waals surface area contributed by atoms with Gasteiger partial charge in [0, 0.05) is 45.3 Å². The van der Waals surface area contributed by atoms with Crippen LogP contribution in [0, 0.1) is 5.82 Å². The summed E-state index contributed by atoms with van der Waals surface area (Å²) in [5, 5.41) is 11.9. The summed E-state index contributed by atoms with van der Waals surface area (Å²) < 4.78 is 13.3. The first-order valence-electron chi connectivity index (χ1n) is 8.35. The van der Waals surface area contributed by atoms with Crippen LogP contribution < -0.4 is 16.0 Å². The van der Waals surface area contributed by atoms with Gasteiger partial charge in [0.05, 0.1) is 6.61 Å². The normalized spacial score (nSPS) is 15.4. The van der Waals surface area contributed by atoms with Crippen LogP contribution in [0.1, 0.15) is 5.56 Å². The number of hydrogen-bond acceptors (Lipinski definition) is 7. The average Bonchev–Trinajstić information content (AvgIpc) is 2.60. The number of piperazine rings is 1. The maximum absolute atomic E-state index is 13.3. The maximum Gasteiger partial charge on any atom is 0.223 e. The van der Waals surface area contributed by atoms with Gasteiger partial charge in [-0.1, -0.05) is 12.1 Å². The molecule has 1 aliphatic rings. The molecule has 1 saturated heterocycles. The van der Waals surface area contributed by atoms with Crippen molar-refractivity contribution >= 4 is 17.6 Å². The Labute approximate surface area is 146 Å². The molecule has 2 aromatic rings. The van der Waals surface area contributed by atoms with Crippen LogP contribution in [0.25, 0.3) is 0 Å². The lowest BCUT2D eigenvalue weighted by Gasteiger charge is -2.35. The average molecular weight is 346 g/mol. The molecular formula is C17H23FN6O. The Morgan fingerprint density at radius 3 is 2.68 bits per heavy atom. The number of nitrogens with zero attached hydrogens (tertiary/aromatic N) is 4. The Bertz CT molecular complexity index is 705. The van der Waals surface area contributed by atoms with Crippen LogP contribution in [-0.2, 0) is 6.54 Å². The molecule has 3 rings (SSSR count). The number of aromatic nitrogens is 2. The lowest BCUT2D eigenvalue weighted by Crippen LogP contribution is -2.46. The zero-order valence-corrected chi connectivity index (χ0v) is 14.0. The molecule has 4 N–H and O–H groups in total. The van der Waals surface area contributed by atoms with Crippen molar-refractivity contribution in [1.29, 1.82) is 0 Å². The van der Waals surface area contributed by atoms with E-state index in [2.05, 4.69) is 25.1 Å². The van der Waals surface area contributed by atoms with Gasteiger partial charge in [0.15, 0.2) is 0 Å². The van der Waals surface area contributed by atoms with Gasteiger partial charge in [-0.05, 0) is 17.7 Å². The van der Waals surface area contributed by atoms with Crippen molar-refractivity contribution in [3.05, 3.63) is 41.7 Å². The van der Waals surface area contributed by atoms with Crippen LogP contribution in [0.3, 0.4) is 0 Å². The molecule has 0 amide bonds. The second-order valence-corrected chi connectivity index (χ2v) is 6.01. The van der Waals surface area contributed by atoms with Gasteiger partial charge in [0.1, 0.15) is 17.5 Å². The number of nitrogen functional groups attached to an aromatic ring is 1. The maximum atomic E-state index is 13.3. The number of nitrogens with one attached hydrogen (secondary N) is 1. The first kappa shape index (κ1) is 17.4. The van der Waals surface area contributed by atoms with E-state index in [-0.39, 0.29) is 18.4 Å². The van der Waals surface area contributed by atoms with Crippen LogP contribution in [0.5, 0.6) is 0 Å². The molecule has 2 heterocycles. The van der Waals surface area contributed by atoms with E-state index in [4.69, 9.17) is 10.8 Å². The molecule has 0 radical (unpaired) electrons. The van der Waals surface area contributed by atoms with Crippen molar-refractivity contribution in [3.63, 3.8) is 0 Å². The molecule has 0 saturated carbocycles. The molecule has 1 aromatic heterocycles. The van der Waals surface area contributed by atoms with E-state index in [1.807, 2.05) is 12.1 Å². The number of nitrogens with two attached hydrogens (primary N) is 1. The monoisotopic (exact) mass is 346 g/mol. The van der Waals surface area contributed by atoms with Gasteiger partial charge in [0.2, 0.25) is 5.95 Å². The molecule has 1 aromatic carbocycles. The summed E-state index contributed by atoms with van der Waals surface area (Å²) in [6.45, 7) is 4.52. The first-order chi connectivity index (χ1) is 12.1. The second-order valence-electron chi connectivity index (χ2n) is 6.01. The molecule has 0 aliphatic carbocycles. The summed E-state index contributed by atoms with van der Waals surface area (Å²) in [6, 6.07) is 8.57. The molecule has 0 atom stereocenters. The predicted molar refractivity (Wildman–Crippen MR) is 95.9 cm³/mol. The highest BCUT2D eigenvalue weighted by molar-refractivity contribution is 5.52. The number of rotatable bonds is 6. The van der Waals surface area contributed by atoms with Gasteiger partial charge in [0.25, 0.3) is 0 Å². The summed E-state index contributed by atoms with van der Waals surface area (Å²) in [5.74, 6) is 1.40. The van der Waals surface area contributed by atoms with Crippen molar-refractivity contribution in [3.8, 4) is 0 Å². The minimum Gasteiger partial charge on any atom is -0.395 e. The summed E-state index contributed by atoms with van der Waals surface area (Å²) in [7, 11) is 0. The minimum atomic E-state index is -0.199. The second kappa shape index (κ2) is 8.09. The minimum absolute atomic E-state index is 0.0258. The Kier molecular flexibility index (Phi) is 5.62. The Morgan fingerprint density at radius 1 is 1.16 bits per heavy atom.